The van der Waals surface area contributed by atoms with Crippen molar-refractivity contribution in [3.63, 3.8) is 0 Å². The lowest BCUT2D eigenvalue weighted by atomic mass is 10.1. The van der Waals surface area contributed by atoms with Gasteiger partial charge in [0.1, 0.15) is 11.9 Å². The molecule has 1 atom stereocenters. The first-order chi connectivity index (χ1) is 14.6. The Hall–Kier alpha value is -3.02. The molecular formula is C24H32N4O2. The van der Waals surface area contributed by atoms with Crippen LogP contribution in [0.15, 0.2) is 53.5 Å². The van der Waals surface area contributed by atoms with Gasteiger partial charge in [0.15, 0.2) is 5.96 Å². The molecule has 1 aliphatic heterocycles. The predicted molar refractivity (Wildman–Crippen MR) is 121 cm³/mol. The molecule has 6 heteroatoms. The summed E-state index contributed by atoms with van der Waals surface area (Å²) in [6.07, 6.45) is 1.62. The summed E-state index contributed by atoms with van der Waals surface area (Å²) >= 11 is 0. The summed E-state index contributed by atoms with van der Waals surface area (Å²) in [6.45, 7) is 6.88. The molecule has 2 aromatic rings. The largest absolute Gasteiger partial charge is 0.489 e. The highest BCUT2D eigenvalue weighted by Gasteiger charge is 2.20. The van der Waals surface area contributed by atoms with E-state index in [0.717, 1.165) is 30.2 Å². The van der Waals surface area contributed by atoms with Gasteiger partial charge < -0.3 is 20.3 Å². The average molecular weight is 409 g/mol. The lowest BCUT2D eigenvalue weighted by molar-refractivity contribution is -0.128. The first-order valence-corrected chi connectivity index (χ1v) is 10.6. The Kier molecular flexibility index (Phi) is 7.71. The number of nitrogens with one attached hydrogen (secondary N) is 2. The van der Waals surface area contributed by atoms with Crippen molar-refractivity contribution in [2.75, 3.05) is 20.1 Å². The van der Waals surface area contributed by atoms with Gasteiger partial charge in [0.25, 0.3) is 0 Å². The van der Waals surface area contributed by atoms with E-state index in [-0.39, 0.29) is 12.0 Å². The van der Waals surface area contributed by atoms with E-state index in [9.17, 15) is 4.79 Å². The van der Waals surface area contributed by atoms with Gasteiger partial charge in [0, 0.05) is 33.1 Å². The van der Waals surface area contributed by atoms with Gasteiger partial charge in [0.2, 0.25) is 5.91 Å². The van der Waals surface area contributed by atoms with E-state index in [1.54, 1.807) is 7.05 Å². The van der Waals surface area contributed by atoms with Crippen molar-refractivity contribution in [2.24, 2.45) is 4.99 Å². The zero-order chi connectivity index (χ0) is 21.3. The van der Waals surface area contributed by atoms with Crippen molar-refractivity contribution in [3.05, 3.63) is 65.2 Å². The Morgan fingerprint density at radius 1 is 1.13 bits per heavy atom. The molecule has 30 heavy (non-hydrogen) atoms. The summed E-state index contributed by atoms with van der Waals surface area (Å²) in [4.78, 5) is 18.2. The van der Waals surface area contributed by atoms with Crippen LogP contribution < -0.4 is 15.4 Å². The standard InChI is InChI=1S/C24H32N4O2/c1-18-9-4-7-12-22(18)30-19(2)15-26-24(25-3)27-16-20-10-5-6-11-21(20)17-28-14-8-13-23(28)29/h4-7,9-12,19H,8,13-17H2,1-3H3,(H2,25,26,27). The molecule has 1 heterocycles. The molecule has 0 radical (unpaired) electrons. The summed E-state index contributed by atoms with van der Waals surface area (Å²) in [7, 11) is 1.76. The molecule has 1 fully saturated rings. The van der Waals surface area contributed by atoms with Crippen molar-refractivity contribution in [1.29, 1.82) is 0 Å². The lowest BCUT2D eigenvalue weighted by Gasteiger charge is -2.20. The van der Waals surface area contributed by atoms with Gasteiger partial charge in [-0.25, -0.2) is 0 Å². The second-order valence-corrected chi connectivity index (χ2v) is 7.69. The van der Waals surface area contributed by atoms with Gasteiger partial charge >= 0.3 is 0 Å². The molecule has 0 spiro atoms. The Balaban J connectivity index is 1.51. The lowest BCUT2D eigenvalue weighted by Crippen LogP contribution is -2.41. The monoisotopic (exact) mass is 408 g/mol. The maximum absolute atomic E-state index is 12.0. The second-order valence-electron chi connectivity index (χ2n) is 7.69. The SMILES string of the molecule is CN=C(NCc1ccccc1CN1CCCC1=O)NCC(C)Oc1ccccc1C. The molecule has 1 amide bonds. The molecule has 1 saturated heterocycles. The van der Waals surface area contributed by atoms with E-state index >= 15 is 0 Å². The number of ether oxygens (including phenoxy) is 1. The summed E-state index contributed by atoms with van der Waals surface area (Å²) < 4.78 is 6.02. The minimum absolute atomic E-state index is 0.00175. The summed E-state index contributed by atoms with van der Waals surface area (Å²) in [5.74, 6) is 1.88. The third-order valence-corrected chi connectivity index (χ3v) is 5.30. The van der Waals surface area contributed by atoms with Crippen LogP contribution in [0.25, 0.3) is 0 Å². The van der Waals surface area contributed by atoms with Gasteiger partial charge in [-0.1, -0.05) is 42.5 Å². The van der Waals surface area contributed by atoms with Crippen LogP contribution in [0.5, 0.6) is 5.75 Å². The molecule has 0 bridgehead atoms. The number of carbonyl (C=O) groups excluding carboxylic acids is 1. The summed E-state index contributed by atoms with van der Waals surface area (Å²) in [5, 5.41) is 6.70. The van der Waals surface area contributed by atoms with E-state index in [4.69, 9.17) is 4.74 Å². The fourth-order valence-electron chi connectivity index (χ4n) is 3.55. The third-order valence-electron chi connectivity index (χ3n) is 5.30. The van der Waals surface area contributed by atoms with Crippen LogP contribution in [0.4, 0.5) is 0 Å². The topological polar surface area (TPSA) is 66.0 Å². The van der Waals surface area contributed by atoms with Crippen molar-refractivity contribution < 1.29 is 9.53 Å². The Labute approximate surface area is 179 Å². The molecule has 2 aromatic carbocycles. The van der Waals surface area contributed by atoms with Crippen molar-refractivity contribution in [1.82, 2.24) is 15.5 Å². The van der Waals surface area contributed by atoms with Gasteiger partial charge in [-0.05, 0) is 43.0 Å². The van der Waals surface area contributed by atoms with Gasteiger partial charge in [0.05, 0.1) is 6.54 Å². The van der Waals surface area contributed by atoms with Crippen LogP contribution in [-0.2, 0) is 17.9 Å². The second kappa shape index (κ2) is 10.7. The highest BCUT2D eigenvalue weighted by atomic mass is 16.5. The fourth-order valence-corrected chi connectivity index (χ4v) is 3.55. The predicted octanol–water partition coefficient (Wildman–Crippen LogP) is 3.25. The smallest absolute Gasteiger partial charge is 0.222 e. The zero-order valence-corrected chi connectivity index (χ0v) is 18.1. The molecule has 1 unspecified atom stereocenters. The molecule has 0 aromatic heterocycles. The van der Waals surface area contributed by atoms with Crippen LogP contribution in [0.3, 0.4) is 0 Å². The molecular weight excluding hydrogens is 376 g/mol. The number of nitrogens with zero attached hydrogens (tertiary/aromatic N) is 2. The van der Waals surface area contributed by atoms with Crippen LogP contribution in [0, 0.1) is 6.92 Å². The van der Waals surface area contributed by atoms with Crippen molar-refractivity contribution in [2.45, 2.75) is 45.9 Å². The molecule has 0 saturated carbocycles. The van der Waals surface area contributed by atoms with E-state index in [2.05, 4.69) is 27.8 Å². The molecule has 2 N–H and O–H groups in total. The van der Waals surface area contributed by atoms with Crippen molar-refractivity contribution >= 4 is 11.9 Å². The molecule has 1 aliphatic rings. The highest BCUT2D eigenvalue weighted by Crippen LogP contribution is 2.18. The Morgan fingerprint density at radius 3 is 2.57 bits per heavy atom. The Morgan fingerprint density at radius 2 is 1.87 bits per heavy atom. The average Bonchev–Trinajstić information content (AvgIpc) is 3.15. The van der Waals surface area contributed by atoms with Crippen LogP contribution >= 0.6 is 0 Å². The van der Waals surface area contributed by atoms with Crippen molar-refractivity contribution in [3.8, 4) is 5.75 Å². The number of hydrogen-bond donors (Lipinski definition) is 2. The quantitative estimate of drug-likeness (QED) is 0.520. The first kappa shape index (κ1) is 21.7. The number of aryl methyl sites for hydroxylation is 1. The zero-order valence-electron chi connectivity index (χ0n) is 18.1. The number of amides is 1. The van der Waals surface area contributed by atoms with E-state index in [1.807, 2.05) is 55.1 Å². The van der Waals surface area contributed by atoms with Crippen LogP contribution in [0.2, 0.25) is 0 Å². The van der Waals surface area contributed by atoms with Gasteiger partial charge in [-0.15, -0.1) is 0 Å². The molecule has 160 valence electrons. The molecule has 6 nitrogen and oxygen atoms in total. The fraction of sp³-hybridized carbons (Fsp3) is 0.417. The van der Waals surface area contributed by atoms with E-state index < -0.39 is 0 Å². The number of aliphatic imine (C=N–C) groups is 1. The normalized spacial score (nSPS) is 15.2. The molecule has 0 aliphatic carbocycles. The van der Waals surface area contributed by atoms with Gasteiger partial charge in [-0.3, -0.25) is 9.79 Å². The minimum atomic E-state index is -0.00175. The summed E-state index contributed by atoms with van der Waals surface area (Å²) in [5.41, 5.74) is 3.47. The maximum atomic E-state index is 12.0. The van der Waals surface area contributed by atoms with Gasteiger partial charge in [-0.2, -0.15) is 0 Å². The van der Waals surface area contributed by atoms with E-state index in [1.165, 1.54) is 11.1 Å². The van der Waals surface area contributed by atoms with Crippen LogP contribution in [0.1, 0.15) is 36.5 Å². The number of carbonyl (C=O) groups is 1. The van der Waals surface area contributed by atoms with Crippen LogP contribution in [-0.4, -0.2) is 43.0 Å². The molecule has 3 rings (SSSR count). The van der Waals surface area contributed by atoms with E-state index in [0.29, 0.717) is 26.1 Å². The maximum Gasteiger partial charge on any atom is 0.222 e. The highest BCUT2D eigenvalue weighted by molar-refractivity contribution is 5.79. The summed E-state index contributed by atoms with van der Waals surface area (Å²) in [6, 6.07) is 16.3. The number of benzene rings is 2. The Bertz CT molecular complexity index is 881. The number of rotatable bonds is 8. The number of guanidine groups is 1. The number of para-hydroxylation sites is 1. The number of hydrogen-bond acceptors (Lipinski definition) is 3. The number of likely N-dealkylation sites (tertiary alicyclic amines) is 1. The third kappa shape index (κ3) is 5.99. The minimum Gasteiger partial charge on any atom is -0.489 e. The first-order valence-electron chi connectivity index (χ1n) is 10.6.